The van der Waals surface area contributed by atoms with Crippen molar-refractivity contribution in [2.75, 3.05) is 26.3 Å². The second kappa shape index (κ2) is 8.52. The van der Waals surface area contributed by atoms with Crippen LogP contribution in [0.5, 0.6) is 5.75 Å². The molecule has 5 nitrogen and oxygen atoms in total. The smallest absolute Gasteiger partial charge is 0.257 e. The highest BCUT2D eigenvalue weighted by atomic mass is 16.5. The van der Waals surface area contributed by atoms with Crippen molar-refractivity contribution < 1.29 is 14.3 Å². The van der Waals surface area contributed by atoms with Crippen molar-refractivity contribution >= 4 is 16.8 Å². The van der Waals surface area contributed by atoms with E-state index in [1.165, 1.54) is 16.5 Å². The standard InChI is InChI=1S/C25H28N2O3/c28-25(21-8-2-4-10-24(21)30-17-19-6-5-15-29-19)27-13-11-18(12-14-27)22-16-26-23-9-3-1-7-20(22)23/h1-4,7-10,16,18-19,26H,5-6,11-15,17H2/t19-/m0/s1. The van der Waals surface area contributed by atoms with Gasteiger partial charge in [0, 0.05) is 36.8 Å². The second-order valence-corrected chi connectivity index (χ2v) is 8.30. The summed E-state index contributed by atoms with van der Waals surface area (Å²) in [4.78, 5) is 18.6. The molecule has 1 aromatic heterocycles. The van der Waals surface area contributed by atoms with Crippen molar-refractivity contribution in [3.8, 4) is 5.75 Å². The number of benzene rings is 2. The summed E-state index contributed by atoms with van der Waals surface area (Å²) in [6.07, 6.45) is 6.34. The van der Waals surface area contributed by atoms with Crippen LogP contribution in [0.15, 0.2) is 54.7 Å². The van der Waals surface area contributed by atoms with Crippen LogP contribution in [0.3, 0.4) is 0 Å². The third-order valence-electron chi connectivity index (χ3n) is 6.41. The average Bonchev–Trinajstić information content (AvgIpc) is 3.47. The molecule has 1 atom stereocenters. The summed E-state index contributed by atoms with van der Waals surface area (Å²) < 4.78 is 11.6. The van der Waals surface area contributed by atoms with E-state index in [1.807, 2.05) is 29.2 Å². The minimum atomic E-state index is 0.0651. The minimum absolute atomic E-state index is 0.0651. The van der Waals surface area contributed by atoms with E-state index in [4.69, 9.17) is 9.47 Å². The van der Waals surface area contributed by atoms with Gasteiger partial charge in [0.2, 0.25) is 0 Å². The lowest BCUT2D eigenvalue weighted by Gasteiger charge is -2.32. The van der Waals surface area contributed by atoms with Crippen molar-refractivity contribution in [2.45, 2.75) is 37.7 Å². The maximum atomic E-state index is 13.2. The SMILES string of the molecule is O=C(c1ccccc1OC[C@@H]1CCCO1)N1CCC(c2c[nH]c3ccccc23)CC1. The van der Waals surface area contributed by atoms with Gasteiger partial charge in [-0.15, -0.1) is 0 Å². The quantitative estimate of drug-likeness (QED) is 0.668. The Morgan fingerprint density at radius 3 is 2.70 bits per heavy atom. The number of nitrogens with one attached hydrogen (secondary N) is 1. The molecule has 0 saturated carbocycles. The van der Waals surface area contributed by atoms with Crippen LogP contribution in [0.25, 0.3) is 10.9 Å². The van der Waals surface area contributed by atoms with E-state index >= 15 is 0 Å². The number of fused-ring (bicyclic) bond motifs is 1. The topological polar surface area (TPSA) is 54.6 Å². The number of ether oxygens (including phenoxy) is 2. The number of hydrogen-bond acceptors (Lipinski definition) is 3. The highest BCUT2D eigenvalue weighted by Crippen LogP contribution is 2.34. The molecule has 1 amide bonds. The van der Waals surface area contributed by atoms with Crippen molar-refractivity contribution in [3.05, 3.63) is 65.9 Å². The number of nitrogens with zero attached hydrogens (tertiary/aromatic N) is 1. The number of piperidine rings is 1. The lowest BCUT2D eigenvalue weighted by Crippen LogP contribution is -2.38. The molecule has 0 radical (unpaired) electrons. The van der Waals surface area contributed by atoms with Crippen LogP contribution in [0.1, 0.15) is 47.5 Å². The predicted octanol–water partition coefficient (Wildman–Crippen LogP) is 4.75. The first-order valence-electron chi connectivity index (χ1n) is 11.0. The molecular weight excluding hydrogens is 376 g/mol. The Labute approximate surface area is 177 Å². The number of amides is 1. The molecule has 2 aliphatic heterocycles. The zero-order chi connectivity index (χ0) is 20.3. The van der Waals surface area contributed by atoms with Gasteiger partial charge in [-0.25, -0.2) is 0 Å². The van der Waals surface area contributed by atoms with Gasteiger partial charge in [-0.2, -0.15) is 0 Å². The van der Waals surface area contributed by atoms with E-state index < -0.39 is 0 Å². The van der Waals surface area contributed by atoms with Crippen molar-refractivity contribution in [1.82, 2.24) is 9.88 Å². The number of aromatic nitrogens is 1. The molecule has 0 bridgehead atoms. The molecule has 5 heteroatoms. The molecule has 2 fully saturated rings. The Hall–Kier alpha value is -2.79. The lowest BCUT2D eigenvalue weighted by molar-refractivity contribution is 0.0638. The first-order valence-corrected chi connectivity index (χ1v) is 11.0. The fourth-order valence-corrected chi connectivity index (χ4v) is 4.72. The molecule has 2 aromatic carbocycles. The van der Waals surface area contributed by atoms with E-state index in [2.05, 4.69) is 35.4 Å². The average molecular weight is 405 g/mol. The molecule has 0 unspecified atom stereocenters. The first-order chi connectivity index (χ1) is 14.8. The summed E-state index contributed by atoms with van der Waals surface area (Å²) in [5, 5.41) is 1.30. The first kappa shape index (κ1) is 19.2. The maximum Gasteiger partial charge on any atom is 0.257 e. The van der Waals surface area contributed by atoms with Gasteiger partial charge in [0.05, 0.1) is 11.7 Å². The van der Waals surface area contributed by atoms with Crippen LogP contribution in [0.2, 0.25) is 0 Å². The van der Waals surface area contributed by atoms with Gasteiger partial charge < -0.3 is 19.4 Å². The largest absolute Gasteiger partial charge is 0.490 e. The van der Waals surface area contributed by atoms with Gasteiger partial charge in [0.1, 0.15) is 12.4 Å². The van der Waals surface area contributed by atoms with E-state index in [0.717, 1.165) is 45.4 Å². The number of H-pyrrole nitrogens is 1. The van der Waals surface area contributed by atoms with Gasteiger partial charge >= 0.3 is 0 Å². The molecule has 1 N–H and O–H groups in total. The van der Waals surface area contributed by atoms with Crippen LogP contribution in [-0.4, -0.2) is 48.2 Å². The number of hydrogen-bond donors (Lipinski definition) is 1. The molecule has 30 heavy (non-hydrogen) atoms. The molecule has 0 aliphatic carbocycles. The van der Waals surface area contributed by atoms with E-state index in [-0.39, 0.29) is 12.0 Å². The predicted molar refractivity (Wildman–Crippen MR) is 117 cm³/mol. The van der Waals surface area contributed by atoms with Crippen molar-refractivity contribution in [1.29, 1.82) is 0 Å². The highest BCUT2D eigenvalue weighted by Gasteiger charge is 2.27. The Bertz CT molecular complexity index is 1010. The number of carbonyl (C=O) groups excluding carboxylic acids is 1. The number of rotatable bonds is 5. The van der Waals surface area contributed by atoms with Crippen LogP contribution in [0.4, 0.5) is 0 Å². The number of likely N-dealkylation sites (tertiary alicyclic amines) is 1. The summed E-state index contributed by atoms with van der Waals surface area (Å²) in [7, 11) is 0. The zero-order valence-corrected chi connectivity index (χ0v) is 17.2. The Morgan fingerprint density at radius 1 is 1.07 bits per heavy atom. The number of para-hydroxylation sites is 2. The van der Waals surface area contributed by atoms with Crippen LogP contribution < -0.4 is 4.74 Å². The normalized spacial score (nSPS) is 20.0. The third kappa shape index (κ3) is 3.82. The minimum Gasteiger partial charge on any atom is -0.490 e. The maximum absolute atomic E-state index is 13.2. The summed E-state index contributed by atoms with van der Waals surface area (Å²) in [5.41, 5.74) is 3.21. The van der Waals surface area contributed by atoms with E-state index in [9.17, 15) is 4.79 Å². The van der Waals surface area contributed by atoms with Crippen LogP contribution in [-0.2, 0) is 4.74 Å². The molecule has 5 rings (SSSR count). The highest BCUT2D eigenvalue weighted by molar-refractivity contribution is 5.97. The summed E-state index contributed by atoms with van der Waals surface area (Å²) in [5.74, 6) is 1.21. The molecular formula is C25H28N2O3. The Morgan fingerprint density at radius 2 is 1.87 bits per heavy atom. The fourth-order valence-electron chi connectivity index (χ4n) is 4.72. The molecule has 0 spiro atoms. The third-order valence-corrected chi connectivity index (χ3v) is 6.41. The Kier molecular flexibility index (Phi) is 5.45. The monoisotopic (exact) mass is 404 g/mol. The number of aromatic amines is 1. The lowest BCUT2D eigenvalue weighted by atomic mass is 9.89. The molecule has 156 valence electrons. The molecule has 2 aliphatic rings. The van der Waals surface area contributed by atoms with Crippen molar-refractivity contribution in [3.63, 3.8) is 0 Å². The van der Waals surface area contributed by atoms with E-state index in [1.54, 1.807) is 0 Å². The van der Waals surface area contributed by atoms with Crippen molar-refractivity contribution in [2.24, 2.45) is 0 Å². The van der Waals surface area contributed by atoms with Gasteiger partial charge in [-0.3, -0.25) is 4.79 Å². The summed E-state index contributed by atoms with van der Waals surface area (Å²) in [6, 6.07) is 16.0. The molecule has 3 heterocycles. The van der Waals surface area contributed by atoms with E-state index in [0.29, 0.717) is 23.8 Å². The summed E-state index contributed by atoms with van der Waals surface area (Å²) in [6.45, 7) is 2.85. The fraction of sp³-hybridized carbons (Fsp3) is 0.400. The molecule has 3 aromatic rings. The Balaban J connectivity index is 1.25. The van der Waals surface area contributed by atoms with Gasteiger partial charge in [-0.05, 0) is 55.4 Å². The second-order valence-electron chi connectivity index (χ2n) is 8.30. The van der Waals surface area contributed by atoms with Gasteiger partial charge in [0.25, 0.3) is 5.91 Å². The van der Waals surface area contributed by atoms with Crippen LogP contribution >= 0.6 is 0 Å². The zero-order valence-electron chi connectivity index (χ0n) is 17.2. The molecule has 2 saturated heterocycles. The van der Waals surface area contributed by atoms with Gasteiger partial charge in [-0.1, -0.05) is 30.3 Å². The number of carbonyl (C=O) groups is 1. The summed E-state index contributed by atoms with van der Waals surface area (Å²) >= 11 is 0. The van der Waals surface area contributed by atoms with Crippen LogP contribution in [0, 0.1) is 0 Å². The van der Waals surface area contributed by atoms with Gasteiger partial charge in [0.15, 0.2) is 0 Å².